The maximum atomic E-state index is 12.0. The average molecular weight is 489 g/mol. The number of thioether (sulfide) groups is 1. The number of amidine groups is 1. The third-order valence-electron chi connectivity index (χ3n) is 4.42. The first-order valence-electron chi connectivity index (χ1n) is 9.27. The minimum absolute atomic E-state index is 0.0226. The van der Waals surface area contributed by atoms with Gasteiger partial charge >= 0.3 is 5.97 Å². The lowest BCUT2D eigenvalue weighted by Crippen LogP contribution is -2.40. The molecule has 32 heavy (non-hydrogen) atoms. The second kappa shape index (κ2) is 12.0. The second-order valence-corrected chi connectivity index (χ2v) is 8.44. The first kappa shape index (κ1) is 25.8. The zero-order chi connectivity index (χ0) is 23.8. The van der Waals surface area contributed by atoms with Gasteiger partial charge in [-0.25, -0.2) is 31.9 Å². The van der Waals surface area contributed by atoms with Gasteiger partial charge in [0, 0.05) is 37.2 Å². The number of esters is 1. The topological polar surface area (TPSA) is 83.4 Å². The van der Waals surface area contributed by atoms with Crippen molar-refractivity contribution in [2.75, 3.05) is 32.7 Å². The van der Waals surface area contributed by atoms with Crippen LogP contribution in [0.25, 0.3) is 0 Å². The fraction of sp³-hybridized carbons (Fsp3) is 0.350. The van der Waals surface area contributed by atoms with E-state index >= 15 is 0 Å². The molecule has 2 aliphatic heterocycles. The van der Waals surface area contributed by atoms with Gasteiger partial charge in [0.2, 0.25) is 0 Å². The van der Waals surface area contributed by atoms with Crippen LogP contribution in [0.2, 0.25) is 0 Å². The molecule has 2 heterocycles. The van der Waals surface area contributed by atoms with Crippen LogP contribution in [-0.2, 0) is 20.5 Å². The van der Waals surface area contributed by atoms with Crippen molar-refractivity contribution in [1.82, 2.24) is 9.62 Å². The van der Waals surface area contributed by atoms with Crippen LogP contribution < -0.4 is 4.72 Å². The molecule has 174 valence electrons. The van der Waals surface area contributed by atoms with Crippen LogP contribution in [0.1, 0.15) is 6.42 Å². The van der Waals surface area contributed by atoms with Crippen molar-refractivity contribution in [3.8, 4) is 0 Å². The van der Waals surface area contributed by atoms with E-state index in [1.807, 2.05) is 11.2 Å². The Balaban J connectivity index is 0.000000336. The largest absolute Gasteiger partial charge is 0.466 e. The SMILES string of the molecule is C=CN=C(SC)C1=NCC(C(=O)OC)=C2CC(NS(C)=O)CN12.Fc1cccc(F)c1F. The Bertz CT molecular complexity index is 978. The lowest BCUT2D eigenvalue weighted by Gasteiger charge is -2.27. The molecule has 2 aliphatic rings. The van der Waals surface area contributed by atoms with Crippen molar-refractivity contribution >= 4 is 39.6 Å². The normalized spacial score (nSPS) is 18.9. The summed E-state index contributed by atoms with van der Waals surface area (Å²) < 4.78 is 55.2. The molecule has 12 heteroatoms. The fourth-order valence-electron chi connectivity index (χ4n) is 3.13. The van der Waals surface area contributed by atoms with E-state index in [-0.39, 0.29) is 18.6 Å². The van der Waals surface area contributed by atoms with Crippen LogP contribution in [0.4, 0.5) is 13.2 Å². The number of aliphatic imine (C=N–C) groups is 2. The zero-order valence-electron chi connectivity index (χ0n) is 17.7. The Morgan fingerprint density at radius 1 is 1.41 bits per heavy atom. The molecule has 0 aromatic heterocycles. The molecule has 3 rings (SSSR count). The molecule has 1 N–H and O–H groups in total. The Morgan fingerprint density at radius 2 is 2.06 bits per heavy atom. The van der Waals surface area contributed by atoms with Gasteiger partial charge in [0.05, 0.1) is 30.2 Å². The van der Waals surface area contributed by atoms with E-state index in [1.54, 1.807) is 6.26 Å². The summed E-state index contributed by atoms with van der Waals surface area (Å²) in [7, 11) is 0.232. The van der Waals surface area contributed by atoms with Crippen molar-refractivity contribution in [2.24, 2.45) is 9.98 Å². The number of methoxy groups -OCH3 is 1. The minimum atomic E-state index is -1.42. The molecular formula is C20H23F3N4O3S2. The molecule has 1 aromatic rings. The number of benzene rings is 1. The van der Waals surface area contributed by atoms with E-state index in [2.05, 4.69) is 21.3 Å². The summed E-state index contributed by atoms with van der Waals surface area (Å²) in [5.74, 6) is -3.40. The van der Waals surface area contributed by atoms with Crippen molar-refractivity contribution in [3.63, 3.8) is 0 Å². The molecular weight excluding hydrogens is 465 g/mol. The van der Waals surface area contributed by atoms with E-state index in [0.717, 1.165) is 28.9 Å². The number of hydrogen-bond donors (Lipinski definition) is 1. The molecule has 0 saturated carbocycles. The molecule has 0 bridgehead atoms. The highest BCUT2D eigenvalue weighted by atomic mass is 32.2. The van der Waals surface area contributed by atoms with Crippen molar-refractivity contribution in [1.29, 1.82) is 0 Å². The number of hydrogen-bond acceptors (Lipinski definition) is 7. The van der Waals surface area contributed by atoms with Gasteiger partial charge in [-0.05, 0) is 18.4 Å². The number of nitrogens with one attached hydrogen (secondary N) is 1. The van der Waals surface area contributed by atoms with Gasteiger partial charge in [0.1, 0.15) is 5.04 Å². The number of nitrogens with zero attached hydrogens (tertiary/aromatic N) is 3. The summed E-state index contributed by atoms with van der Waals surface area (Å²) >= 11 is 1.47. The molecule has 1 fully saturated rings. The van der Waals surface area contributed by atoms with Crippen LogP contribution in [0.15, 0.2) is 52.2 Å². The van der Waals surface area contributed by atoms with Gasteiger partial charge in [-0.3, -0.25) is 4.99 Å². The van der Waals surface area contributed by atoms with Crippen LogP contribution in [0.5, 0.6) is 0 Å². The van der Waals surface area contributed by atoms with Gasteiger partial charge < -0.3 is 9.64 Å². The van der Waals surface area contributed by atoms with E-state index in [4.69, 9.17) is 4.74 Å². The van der Waals surface area contributed by atoms with Crippen LogP contribution in [0.3, 0.4) is 0 Å². The van der Waals surface area contributed by atoms with Crippen molar-refractivity contribution < 1.29 is 26.9 Å². The Hall–Kier alpha value is -2.44. The fourth-order valence-corrected chi connectivity index (χ4v) is 4.30. The van der Waals surface area contributed by atoms with E-state index in [9.17, 15) is 22.2 Å². The summed E-state index contributed by atoms with van der Waals surface area (Å²) in [5.41, 5.74) is 1.40. The summed E-state index contributed by atoms with van der Waals surface area (Å²) in [6, 6.07) is 2.80. The zero-order valence-corrected chi connectivity index (χ0v) is 19.4. The maximum Gasteiger partial charge on any atom is 0.337 e. The van der Waals surface area contributed by atoms with Crippen LogP contribution in [0, 0.1) is 17.5 Å². The third-order valence-corrected chi connectivity index (χ3v) is 5.76. The molecule has 0 amide bonds. The number of fused-ring (bicyclic) bond motifs is 1. The number of rotatable bonds is 5. The molecule has 0 radical (unpaired) electrons. The molecule has 1 saturated heterocycles. The summed E-state index contributed by atoms with van der Waals surface area (Å²) in [5, 5.41) is 0.736. The van der Waals surface area contributed by atoms with E-state index in [0.29, 0.717) is 24.4 Å². The molecule has 7 nitrogen and oxygen atoms in total. The van der Waals surface area contributed by atoms with Gasteiger partial charge in [-0.15, -0.1) is 11.8 Å². The Labute approximate surface area is 191 Å². The second-order valence-electron chi connectivity index (χ2n) is 6.50. The quantitative estimate of drug-likeness (QED) is 0.298. The Morgan fingerprint density at radius 3 is 2.56 bits per heavy atom. The predicted octanol–water partition coefficient (Wildman–Crippen LogP) is 2.79. The van der Waals surface area contributed by atoms with Crippen molar-refractivity contribution in [2.45, 2.75) is 12.5 Å². The summed E-state index contributed by atoms with van der Waals surface area (Å²) in [6.07, 6.45) is 5.57. The van der Waals surface area contributed by atoms with Crippen LogP contribution in [-0.4, -0.2) is 64.7 Å². The summed E-state index contributed by atoms with van der Waals surface area (Å²) in [4.78, 5) is 22.7. The molecule has 2 unspecified atom stereocenters. The van der Waals surface area contributed by atoms with E-state index in [1.165, 1.54) is 25.1 Å². The average Bonchev–Trinajstić information content (AvgIpc) is 3.18. The first-order chi connectivity index (χ1) is 15.2. The van der Waals surface area contributed by atoms with Gasteiger partial charge in [-0.2, -0.15) is 0 Å². The predicted molar refractivity (Wildman–Crippen MR) is 121 cm³/mol. The summed E-state index contributed by atoms with van der Waals surface area (Å²) in [6.45, 7) is 4.46. The van der Waals surface area contributed by atoms with Crippen LogP contribution >= 0.6 is 11.8 Å². The lowest BCUT2D eigenvalue weighted by molar-refractivity contribution is -0.136. The molecule has 0 spiro atoms. The highest BCUT2D eigenvalue weighted by Crippen LogP contribution is 2.30. The van der Waals surface area contributed by atoms with E-state index < -0.39 is 28.4 Å². The number of carbonyl (C=O) groups excluding carboxylic acids is 1. The monoisotopic (exact) mass is 488 g/mol. The molecule has 2 atom stereocenters. The third kappa shape index (κ3) is 6.30. The van der Waals surface area contributed by atoms with Gasteiger partial charge in [0.15, 0.2) is 23.3 Å². The highest BCUT2D eigenvalue weighted by molar-refractivity contribution is 8.15. The molecule has 1 aromatic carbocycles. The lowest BCUT2D eigenvalue weighted by atomic mass is 10.1. The maximum absolute atomic E-state index is 12.0. The number of carbonyl (C=O) groups is 1. The minimum Gasteiger partial charge on any atom is -0.466 e. The smallest absolute Gasteiger partial charge is 0.337 e. The molecule has 0 aliphatic carbocycles. The van der Waals surface area contributed by atoms with Gasteiger partial charge in [0.25, 0.3) is 0 Å². The number of ether oxygens (including phenoxy) is 1. The highest BCUT2D eigenvalue weighted by Gasteiger charge is 2.38. The van der Waals surface area contributed by atoms with Gasteiger partial charge in [-0.1, -0.05) is 12.6 Å². The standard InChI is InChI=1S/C14H20N4O3S2.C6H3F3/c1-5-15-13(22-3)12-16-7-10(14(19)21-2)11-6-9(8-18(11)12)17-23(4)20;7-4-2-1-3-5(8)6(4)9/h5,9,17H,1,6-8H2,2-4H3;1-3H. The Kier molecular flexibility index (Phi) is 9.66. The first-order valence-corrected chi connectivity index (χ1v) is 12.1. The van der Waals surface area contributed by atoms with Crippen molar-refractivity contribution in [3.05, 3.63) is 59.7 Å². The number of halogens is 3.